The maximum atomic E-state index is 12.5. The van der Waals surface area contributed by atoms with Gasteiger partial charge in [0.15, 0.2) is 10.9 Å². The van der Waals surface area contributed by atoms with Gasteiger partial charge in [0.1, 0.15) is 0 Å². The van der Waals surface area contributed by atoms with Crippen LogP contribution in [-0.2, 0) is 4.79 Å². The van der Waals surface area contributed by atoms with Crippen molar-refractivity contribution in [3.05, 3.63) is 46.6 Å². The van der Waals surface area contributed by atoms with Crippen LogP contribution in [0.2, 0.25) is 10.0 Å². The second kappa shape index (κ2) is 9.24. The van der Waals surface area contributed by atoms with Crippen LogP contribution in [-0.4, -0.2) is 26.4 Å². The summed E-state index contributed by atoms with van der Waals surface area (Å²) in [4.78, 5) is 12.5. The number of rotatable bonds is 6. The number of hydrogen-bond donors (Lipinski definition) is 1. The quantitative estimate of drug-likeness (QED) is 0.460. The summed E-state index contributed by atoms with van der Waals surface area (Å²) in [6, 6.07) is 8.99. The number of benzene rings is 1. The number of halogens is 2. The largest absolute Gasteiger partial charge is 0.461 e. The van der Waals surface area contributed by atoms with E-state index in [1.807, 2.05) is 12.1 Å². The third-order valence-corrected chi connectivity index (χ3v) is 6.39. The maximum absolute atomic E-state index is 12.5. The molecule has 1 saturated carbocycles. The number of thioether (sulfide) groups is 1. The first-order valence-corrected chi connectivity index (χ1v) is 11.2. The Balaban J connectivity index is 1.51. The third-order valence-electron chi connectivity index (χ3n) is 4.88. The number of aromatic nitrogens is 3. The van der Waals surface area contributed by atoms with Gasteiger partial charge in [0, 0.05) is 11.1 Å². The second-order valence-electron chi connectivity index (χ2n) is 6.91. The van der Waals surface area contributed by atoms with E-state index in [1.165, 1.54) is 31.0 Å². The summed E-state index contributed by atoms with van der Waals surface area (Å²) in [5.41, 5.74) is 0.495. The summed E-state index contributed by atoms with van der Waals surface area (Å²) in [7, 11) is 0. The number of nitrogens with zero attached hydrogens (tertiary/aromatic N) is 3. The number of furan rings is 1. The molecule has 0 saturated heterocycles. The molecule has 1 aliphatic carbocycles. The van der Waals surface area contributed by atoms with Gasteiger partial charge in [-0.05, 0) is 43.2 Å². The highest BCUT2D eigenvalue weighted by molar-refractivity contribution is 7.99. The first-order valence-electron chi connectivity index (χ1n) is 9.48. The van der Waals surface area contributed by atoms with E-state index >= 15 is 0 Å². The molecule has 2 aromatic heterocycles. The third kappa shape index (κ3) is 4.79. The molecule has 152 valence electrons. The van der Waals surface area contributed by atoms with Crippen molar-refractivity contribution in [2.24, 2.45) is 0 Å². The van der Waals surface area contributed by atoms with Crippen molar-refractivity contribution in [3.8, 4) is 11.6 Å². The number of amides is 1. The minimum absolute atomic E-state index is 0.183. The molecule has 1 aliphatic rings. The van der Waals surface area contributed by atoms with Crippen LogP contribution in [0, 0.1) is 0 Å². The fraction of sp³-hybridized carbons (Fsp3) is 0.350. The van der Waals surface area contributed by atoms with Gasteiger partial charge in [-0.15, -0.1) is 10.2 Å². The molecule has 3 aromatic rings. The highest BCUT2D eigenvalue weighted by Gasteiger charge is 2.25. The van der Waals surface area contributed by atoms with E-state index in [9.17, 15) is 4.79 Å². The van der Waals surface area contributed by atoms with Gasteiger partial charge in [0.25, 0.3) is 0 Å². The topological polar surface area (TPSA) is 73.0 Å². The predicted molar refractivity (Wildman–Crippen MR) is 116 cm³/mol. The van der Waals surface area contributed by atoms with Gasteiger partial charge in [-0.2, -0.15) is 0 Å². The summed E-state index contributed by atoms with van der Waals surface area (Å²) in [6.45, 7) is 0. The molecule has 1 fully saturated rings. The van der Waals surface area contributed by atoms with E-state index in [0.717, 1.165) is 18.0 Å². The van der Waals surface area contributed by atoms with E-state index < -0.39 is 0 Å². The lowest BCUT2D eigenvalue weighted by Crippen LogP contribution is -2.17. The van der Waals surface area contributed by atoms with Crippen LogP contribution in [0.25, 0.3) is 11.6 Å². The zero-order valence-corrected chi connectivity index (χ0v) is 17.9. The van der Waals surface area contributed by atoms with Gasteiger partial charge < -0.3 is 9.73 Å². The van der Waals surface area contributed by atoms with Crippen LogP contribution in [0.5, 0.6) is 0 Å². The minimum atomic E-state index is -0.183. The molecule has 1 aromatic carbocycles. The Morgan fingerprint density at radius 2 is 2.03 bits per heavy atom. The average molecular weight is 451 g/mol. The Bertz CT molecular complexity index is 985. The maximum Gasteiger partial charge on any atom is 0.234 e. The van der Waals surface area contributed by atoms with Gasteiger partial charge in [-0.25, -0.2) is 0 Å². The molecule has 2 heterocycles. The molecular weight excluding hydrogens is 431 g/mol. The molecule has 0 unspecified atom stereocenters. The molecule has 9 heteroatoms. The van der Waals surface area contributed by atoms with Gasteiger partial charge in [0.05, 0.1) is 22.7 Å². The molecule has 4 rings (SSSR count). The number of carbonyl (C=O) groups is 1. The Morgan fingerprint density at radius 1 is 1.21 bits per heavy atom. The lowest BCUT2D eigenvalue weighted by Gasteiger charge is -2.25. The predicted octanol–water partition coefficient (Wildman–Crippen LogP) is 6.08. The summed E-state index contributed by atoms with van der Waals surface area (Å²) < 4.78 is 7.68. The number of nitrogens with one attached hydrogen (secondary N) is 1. The molecule has 6 nitrogen and oxygen atoms in total. The molecule has 0 aliphatic heterocycles. The minimum Gasteiger partial charge on any atom is -0.461 e. The zero-order chi connectivity index (χ0) is 20.2. The van der Waals surface area contributed by atoms with Crippen LogP contribution in [0.3, 0.4) is 0 Å². The van der Waals surface area contributed by atoms with Gasteiger partial charge >= 0.3 is 0 Å². The van der Waals surface area contributed by atoms with Crippen LogP contribution < -0.4 is 5.32 Å². The van der Waals surface area contributed by atoms with Crippen molar-refractivity contribution in [2.45, 2.75) is 43.3 Å². The Labute approximate surface area is 183 Å². The van der Waals surface area contributed by atoms with Crippen LogP contribution in [0.15, 0.2) is 46.2 Å². The SMILES string of the molecule is O=C(CSc1nnc(-c2ccco2)n1C1CCCCC1)Nc1cc(Cl)ccc1Cl. The Kier molecular flexibility index (Phi) is 6.47. The van der Waals surface area contributed by atoms with Gasteiger partial charge in [0.2, 0.25) is 11.7 Å². The summed E-state index contributed by atoms with van der Waals surface area (Å²) >= 11 is 13.5. The van der Waals surface area contributed by atoms with Crippen LogP contribution in [0.4, 0.5) is 5.69 Å². The number of carbonyl (C=O) groups excluding carboxylic acids is 1. The Hall–Kier alpha value is -1.96. The zero-order valence-electron chi connectivity index (χ0n) is 15.6. The molecular formula is C20H20Cl2N4O2S. The lowest BCUT2D eigenvalue weighted by molar-refractivity contribution is -0.113. The van der Waals surface area contributed by atoms with Crippen molar-refractivity contribution in [1.29, 1.82) is 0 Å². The van der Waals surface area contributed by atoms with Crippen molar-refractivity contribution < 1.29 is 9.21 Å². The van der Waals surface area contributed by atoms with E-state index in [1.54, 1.807) is 24.5 Å². The molecule has 0 radical (unpaired) electrons. The van der Waals surface area contributed by atoms with E-state index in [2.05, 4.69) is 20.1 Å². The van der Waals surface area contributed by atoms with Crippen LogP contribution >= 0.6 is 35.0 Å². The fourth-order valence-electron chi connectivity index (χ4n) is 3.53. The second-order valence-corrected chi connectivity index (χ2v) is 8.69. The first kappa shape index (κ1) is 20.3. The molecule has 0 bridgehead atoms. The highest BCUT2D eigenvalue weighted by atomic mass is 35.5. The lowest BCUT2D eigenvalue weighted by atomic mass is 9.95. The van der Waals surface area contributed by atoms with Gasteiger partial charge in [-0.3, -0.25) is 9.36 Å². The molecule has 1 N–H and O–H groups in total. The van der Waals surface area contributed by atoms with Crippen molar-refractivity contribution in [3.63, 3.8) is 0 Å². The van der Waals surface area contributed by atoms with E-state index in [4.69, 9.17) is 27.6 Å². The van der Waals surface area contributed by atoms with Gasteiger partial charge in [-0.1, -0.05) is 54.2 Å². The van der Waals surface area contributed by atoms with Crippen LogP contribution in [0.1, 0.15) is 38.1 Å². The highest BCUT2D eigenvalue weighted by Crippen LogP contribution is 2.35. The van der Waals surface area contributed by atoms with Crippen molar-refractivity contribution in [1.82, 2.24) is 14.8 Å². The van der Waals surface area contributed by atoms with E-state index in [-0.39, 0.29) is 11.7 Å². The average Bonchev–Trinajstić information content (AvgIpc) is 3.39. The standard InChI is InChI=1S/C20H20Cl2N4O2S/c21-13-8-9-15(22)16(11-13)23-18(27)12-29-20-25-24-19(17-7-4-10-28-17)26(20)14-5-2-1-3-6-14/h4,7-11,14H,1-3,5-6,12H2,(H,23,27). The molecule has 29 heavy (non-hydrogen) atoms. The smallest absolute Gasteiger partial charge is 0.234 e. The number of hydrogen-bond acceptors (Lipinski definition) is 5. The molecule has 0 spiro atoms. The monoisotopic (exact) mass is 450 g/mol. The first-order chi connectivity index (χ1) is 14.1. The summed E-state index contributed by atoms with van der Waals surface area (Å²) in [6.07, 6.45) is 7.38. The summed E-state index contributed by atoms with van der Waals surface area (Å²) in [5.74, 6) is 1.40. The van der Waals surface area contributed by atoms with Crippen molar-refractivity contribution >= 4 is 46.6 Å². The number of anilines is 1. The molecule has 0 atom stereocenters. The fourth-order valence-corrected chi connectivity index (χ4v) is 4.67. The summed E-state index contributed by atoms with van der Waals surface area (Å²) in [5, 5.41) is 13.2. The Morgan fingerprint density at radius 3 is 2.79 bits per heavy atom. The van der Waals surface area contributed by atoms with Crippen molar-refractivity contribution in [2.75, 3.05) is 11.1 Å². The molecule has 1 amide bonds. The normalized spacial score (nSPS) is 14.8. The van der Waals surface area contributed by atoms with E-state index in [0.29, 0.717) is 33.4 Å².